The molecule has 19 heavy (non-hydrogen) atoms. The van der Waals surface area contributed by atoms with Crippen molar-refractivity contribution < 1.29 is 27.4 Å². The summed E-state index contributed by atoms with van der Waals surface area (Å²) in [6.45, 7) is -0.433. The van der Waals surface area contributed by atoms with Gasteiger partial charge in [-0.3, -0.25) is 4.79 Å². The number of halogens is 3. The molecule has 1 aromatic rings. The predicted octanol–water partition coefficient (Wildman–Crippen LogP) is 1.94. The second-order valence-electron chi connectivity index (χ2n) is 4.07. The molecule has 0 aliphatic carbocycles. The lowest BCUT2D eigenvalue weighted by atomic mass is 10.2. The Morgan fingerprint density at radius 1 is 1.42 bits per heavy atom. The topological polar surface area (TPSA) is 38.8 Å². The van der Waals surface area contributed by atoms with Crippen molar-refractivity contribution in [1.82, 2.24) is 4.90 Å². The fraction of sp³-hybridized carbons (Fsp3) is 0.417. The maximum absolute atomic E-state index is 12.5. The smallest absolute Gasteiger partial charge is 0.463 e. The second-order valence-corrected chi connectivity index (χ2v) is 4.07. The van der Waals surface area contributed by atoms with Crippen LogP contribution in [-0.4, -0.2) is 36.9 Å². The van der Waals surface area contributed by atoms with Crippen LogP contribution in [0.4, 0.5) is 13.2 Å². The number of nitrogens with zero attached hydrogens (tertiary/aromatic N) is 1. The Morgan fingerprint density at radius 2 is 2.11 bits per heavy atom. The van der Waals surface area contributed by atoms with Crippen LogP contribution in [0.25, 0.3) is 0 Å². The maximum Gasteiger partial charge on any atom is 0.471 e. The number of amides is 1. The first-order valence-electron chi connectivity index (χ1n) is 5.55. The predicted molar refractivity (Wildman–Crippen MR) is 59.3 cm³/mol. The van der Waals surface area contributed by atoms with E-state index in [9.17, 15) is 18.0 Å². The number of methoxy groups -OCH3 is 1. The highest BCUT2D eigenvalue weighted by atomic mass is 19.4. The van der Waals surface area contributed by atoms with Crippen LogP contribution >= 0.6 is 0 Å². The van der Waals surface area contributed by atoms with Crippen LogP contribution < -0.4 is 4.74 Å². The minimum Gasteiger partial charge on any atom is -0.463 e. The lowest BCUT2D eigenvalue weighted by Crippen LogP contribution is -2.44. The average Bonchev–Trinajstić information content (AvgIpc) is 2.55. The third-order valence-corrected chi connectivity index (χ3v) is 2.75. The molecule has 0 unspecified atom stereocenters. The van der Waals surface area contributed by atoms with E-state index >= 15 is 0 Å². The van der Waals surface area contributed by atoms with Crippen molar-refractivity contribution >= 4 is 5.91 Å². The lowest BCUT2D eigenvalue weighted by Gasteiger charge is -2.23. The Morgan fingerprint density at radius 3 is 2.74 bits per heavy atom. The molecule has 0 saturated carbocycles. The molecule has 1 aromatic carbocycles. The Labute approximate surface area is 107 Å². The molecule has 0 fully saturated rings. The van der Waals surface area contributed by atoms with E-state index in [0.717, 1.165) is 0 Å². The largest absolute Gasteiger partial charge is 0.471 e. The fourth-order valence-electron chi connectivity index (χ4n) is 1.84. The van der Waals surface area contributed by atoms with Crippen molar-refractivity contribution in [2.24, 2.45) is 0 Å². The van der Waals surface area contributed by atoms with Crippen molar-refractivity contribution in [1.29, 1.82) is 0 Å². The molecule has 0 bridgehead atoms. The van der Waals surface area contributed by atoms with Crippen LogP contribution in [-0.2, 0) is 16.1 Å². The first-order valence-corrected chi connectivity index (χ1v) is 5.55. The molecule has 1 atom stereocenters. The number of rotatable bonds is 1. The quantitative estimate of drug-likeness (QED) is 0.786. The molecule has 1 heterocycles. The van der Waals surface area contributed by atoms with Gasteiger partial charge in [-0.1, -0.05) is 18.2 Å². The standard InChI is InChI=1S/C12H12F3NO3/c1-18-10-7-16(11(17)12(13,14)15)6-8-4-2-3-5-9(8)19-10/h2-5,10H,6-7H2,1H3/t10-/m1/s1. The Bertz CT molecular complexity index is 476. The SMILES string of the molecule is CO[C@H]1CN(C(=O)C(F)(F)F)Cc2ccccc2O1. The molecular formula is C12H12F3NO3. The molecule has 7 heteroatoms. The minimum atomic E-state index is -4.91. The van der Waals surface area contributed by atoms with Gasteiger partial charge in [-0.25, -0.2) is 0 Å². The summed E-state index contributed by atoms with van der Waals surface area (Å²) in [4.78, 5) is 12.0. The van der Waals surface area contributed by atoms with Gasteiger partial charge in [-0.2, -0.15) is 13.2 Å². The van der Waals surface area contributed by atoms with Gasteiger partial charge >= 0.3 is 12.1 Å². The molecule has 0 N–H and O–H groups in total. The Hall–Kier alpha value is -1.76. The van der Waals surface area contributed by atoms with Crippen molar-refractivity contribution in [3.63, 3.8) is 0 Å². The van der Waals surface area contributed by atoms with Gasteiger partial charge in [0.15, 0.2) is 0 Å². The first-order chi connectivity index (χ1) is 8.91. The average molecular weight is 275 g/mol. The number of para-hydroxylation sites is 1. The van der Waals surface area contributed by atoms with E-state index in [2.05, 4.69) is 0 Å². The zero-order chi connectivity index (χ0) is 14.0. The van der Waals surface area contributed by atoms with E-state index in [1.54, 1.807) is 24.3 Å². The van der Waals surface area contributed by atoms with Gasteiger partial charge < -0.3 is 14.4 Å². The molecule has 0 saturated heterocycles. The zero-order valence-corrected chi connectivity index (χ0v) is 10.1. The number of fused-ring (bicyclic) bond motifs is 1. The number of hydrogen-bond donors (Lipinski definition) is 0. The molecule has 0 aromatic heterocycles. The van der Waals surface area contributed by atoms with Crippen molar-refractivity contribution in [3.05, 3.63) is 29.8 Å². The molecule has 1 aliphatic heterocycles. The van der Waals surface area contributed by atoms with Gasteiger partial charge in [0.2, 0.25) is 6.29 Å². The number of ether oxygens (including phenoxy) is 2. The van der Waals surface area contributed by atoms with Gasteiger partial charge in [-0.05, 0) is 6.07 Å². The van der Waals surface area contributed by atoms with E-state index in [4.69, 9.17) is 9.47 Å². The summed E-state index contributed by atoms with van der Waals surface area (Å²) in [7, 11) is 1.31. The molecular weight excluding hydrogens is 263 g/mol. The van der Waals surface area contributed by atoms with E-state index < -0.39 is 18.4 Å². The highest BCUT2D eigenvalue weighted by Gasteiger charge is 2.44. The number of benzene rings is 1. The summed E-state index contributed by atoms with van der Waals surface area (Å²) in [6.07, 6.45) is -5.83. The van der Waals surface area contributed by atoms with Crippen LogP contribution in [0.15, 0.2) is 24.3 Å². The summed E-state index contributed by atoms with van der Waals surface area (Å²) in [5.74, 6) is -1.47. The van der Waals surface area contributed by atoms with Crippen molar-refractivity contribution in [2.75, 3.05) is 13.7 Å². The van der Waals surface area contributed by atoms with E-state index in [1.807, 2.05) is 0 Å². The molecule has 104 valence electrons. The van der Waals surface area contributed by atoms with Gasteiger partial charge in [0.1, 0.15) is 5.75 Å². The van der Waals surface area contributed by atoms with Gasteiger partial charge in [0.05, 0.1) is 6.54 Å². The summed E-state index contributed by atoms with van der Waals surface area (Å²) < 4.78 is 47.9. The monoisotopic (exact) mass is 275 g/mol. The number of carbonyl (C=O) groups is 1. The highest BCUT2D eigenvalue weighted by Crippen LogP contribution is 2.28. The normalized spacial score (nSPS) is 19.4. The van der Waals surface area contributed by atoms with Crippen LogP contribution in [0, 0.1) is 0 Å². The van der Waals surface area contributed by atoms with E-state index in [1.165, 1.54) is 7.11 Å². The minimum absolute atomic E-state index is 0.158. The molecule has 0 spiro atoms. The number of hydrogen-bond acceptors (Lipinski definition) is 3. The van der Waals surface area contributed by atoms with E-state index in [-0.39, 0.29) is 13.1 Å². The van der Waals surface area contributed by atoms with Gasteiger partial charge in [-0.15, -0.1) is 0 Å². The number of carbonyl (C=O) groups excluding carboxylic acids is 1. The van der Waals surface area contributed by atoms with Crippen LogP contribution in [0.1, 0.15) is 5.56 Å². The molecule has 1 aliphatic rings. The van der Waals surface area contributed by atoms with Gasteiger partial charge in [0.25, 0.3) is 0 Å². The second kappa shape index (κ2) is 5.08. The highest BCUT2D eigenvalue weighted by molar-refractivity contribution is 5.82. The van der Waals surface area contributed by atoms with Gasteiger partial charge in [0, 0.05) is 19.2 Å². The summed E-state index contributed by atoms with van der Waals surface area (Å²) in [6, 6.07) is 6.62. The summed E-state index contributed by atoms with van der Waals surface area (Å²) in [5, 5.41) is 0. The Balaban J connectivity index is 2.30. The third-order valence-electron chi connectivity index (χ3n) is 2.75. The molecule has 1 amide bonds. The maximum atomic E-state index is 12.5. The van der Waals surface area contributed by atoms with Crippen LogP contribution in [0.5, 0.6) is 5.75 Å². The lowest BCUT2D eigenvalue weighted by molar-refractivity contribution is -0.189. The number of alkyl halides is 3. The summed E-state index contributed by atoms with van der Waals surface area (Å²) >= 11 is 0. The van der Waals surface area contributed by atoms with E-state index in [0.29, 0.717) is 16.2 Å². The van der Waals surface area contributed by atoms with Crippen molar-refractivity contribution in [3.8, 4) is 5.75 Å². The molecule has 0 radical (unpaired) electrons. The summed E-state index contributed by atoms with van der Waals surface area (Å²) in [5.41, 5.74) is 0.514. The van der Waals surface area contributed by atoms with Crippen molar-refractivity contribution in [2.45, 2.75) is 19.0 Å². The van der Waals surface area contributed by atoms with Crippen LogP contribution in [0.3, 0.4) is 0 Å². The third kappa shape index (κ3) is 2.98. The first kappa shape index (κ1) is 13.7. The molecule has 4 nitrogen and oxygen atoms in total. The zero-order valence-electron chi connectivity index (χ0n) is 10.1. The Kier molecular flexibility index (Phi) is 3.66. The molecule has 2 rings (SSSR count). The van der Waals surface area contributed by atoms with Crippen LogP contribution in [0.2, 0.25) is 0 Å². The fourth-order valence-corrected chi connectivity index (χ4v) is 1.84.